The molecule has 142 valence electrons. The van der Waals surface area contributed by atoms with Crippen molar-refractivity contribution in [1.82, 2.24) is 4.57 Å². The third-order valence-corrected chi connectivity index (χ3v) is 6.16. The van der Waals surface area contributed by atoms with E-state index in [-0.39, 0.29) is 12.2 Å². The van der Waals surface area contributed by atoms with Crippen LogP contribution in [-0.2, 0) is 9.53 Å². The molecule has 4 rings (SSSR count). The fraction of sp³-hybridized carbons (Fsp3) is 0.190. The molecular formula is C21H18N2O3S2. The van der Waals surface area contributed by atoms with E-state index >= 15 is 0 Å². The van der Waals surface area contributed by atoms with Crippen LogP contribution in [0.15, 0.2) is 68.2 Å². The van der Waals surface area contributed by atoms with Crippen LogP contribution >= 0.6 is 22.7 Å². The van der Waals surface area contributed by atoms with Crippen molar-refractivity contribution in [2.24, 2.45) is 4.99 Å². The van der Waals surface area contributed by atoms with Gasteiger partial charge in [0.15, 0.2) is 4.80 Å². The zero-order valence-electron chi connectivity index (χ0n) is 15.4. The van der Waals surface area contributed by atoms with Gasteiger partial charge in [0.05, 0.1) is 28.5 Å². The van der Waals surface area contributed by atoms with Crippen LogP contribution in [0.5, 0.6) is 0 Å². The second-order valence-corrected chi connectivity index (χ2v) is 8.06. The van der Waals surface area contributed by atoms with E-state index in [4.69, 9.17) is 4.74 Å². The Kier molecular flexibility index (Phi) is 5.11. The second kappa shape index (κ2) is 7.69. The Morgan fingerprint density at radius 1 is 1.29 bits per heavy atom. The Morgan fingerprint density at radius 2 is 2.07 bits per heavy atom. The molecule has 0 N–H and O–H groups in total. The molecule has 0 spiro atoms. The number of hydrogen-bond acceptors (Lipinski definition) is 6. The van der Waals surface area contributed by atoms with Crippen molar-refractivity contribution in [2.45, 2.75) is 19.9 Å². The largest absolute Gasteiger partial charge is 0.463 e. The number of thiazole rings is 1. The molecular weight excluding hydrogens is 392 g/mol. The number of ether oxygens (including phenoxy) is 1. The Bertz CT molecular complexity index is 1220. The zero-order chi connectivity index (χ0) is 19.7. The summed E-state index contributed by atoms with van der Waals surface area (Å²) in [6.45, 7) is 3.82. The average Bonchev–Trinajstić information content (AvgIpc) is 3.30. The van der Waals surface area contributed by atoms with Crippen LogP contribution in [0.4, 0.5) is 0 Å². The van der Waals surface area contributed by atoms with Gasteiger partial charge in [0.1, 0.15) is 0 Å². The maximum atomic E-state index is 13.3. The van der Waals surface area contributed by atoms with E-state index in [0.717, 1.165) is 11.1 Å². The summed E-state index contributed by atoms with van der Waals surface area (Å²) in [5.41, 5.74) is 2.66. The normalized spacial score (nSPS) is 16.6. The number of allylic oxidation sites excluding steroid dienone is 1. The van der Waals surface area contributed by atoms with E-state index in [1.165, 1.54) is 11.3 Å². The van der Waals surface area contributed by atoms with Crippen molar-refractivity contribution in [3.8, 4) is 0 Å². The monoisotopic (exact) mass is 410 g/mol. The summed E-state index contributed by atoms with van der Waals surface area (Å²) in [4.78, 5) is 31.1. The summed E-state index contributed by atoms with van der Waals surface area (Å²) < 4.78 is 7.48. The van der Waals surface area contributed by atoms with Crippen molar-refractivity contribution in [3.63, 3.8) is 0 Å². The summed E-state index contributed by atoms with van der Waals surface area (Å²) in [6.07, 6.45) is 1.87. The summed E-state index contributed by atoms with van der Waals surface area (Å²) >= 11 is 2.91. The molecule has 5 nitrogen and oxygen atoms in total. The molecule has 0 amide bonds. The van der Waals surface area contributed by atoms with E-state index in [0.29, 0.717) is 20.6 Å². The molecule has 28 heavy (non-hydrogen) atoms. The molecule has 1 atom stereocenters. The highest BCUT2D eigenvalue weighted by Crippen LogP contribution is 2.30. The highest BCUT2D eigenvalue weighted by Gasteiger charge is 2.33. The highest BCUT2D eigenvalue weighted by molar-refractivity contribution is 7.08. The van der Waals surface area contributed by atoms with Gasteiger partial charge < -0.3 is 4.74 Å². The Hall–Kier alpha value is -2.77. The second-order valence-electron chi connectivity index (χ2n) is 6.27. The zero-order valence-corrected chi connectivity index (χ0v) is 17.0. The minimum Gasteiger partial charge on any atom is -0.463 e. The van der Waals surface area contributed by atoms with Crippen molar-refractivity contribution >= 4 is 34.7 Å². The number of carbonyl (C=O) groups is 1. The lowest BCUT2D eigenvalue weighted by Crippen LogP contribution is -2.39. The maximum absolute atomic E-state index is 13.3. The van der Waals surface area contributed by atoms with Gasteiger partial charge in [-0.1, -0.05) is 41.7 Å². The molecule has 1 unspecified atom stereocenters. The van der Waals surface area contributed by atoms with Crippen molar-refractivity contribution in [1.29, 1.82) is 0 Å². The molecule has 0 radical (unpaired) electrons. The van der Waals surface area contributed by atoms with Crippen molar-refractivity contribution in [2.75, 3.05) is 6.61 Å². The lowest BCUT2D eigenvalue weighted by molar-refractivity contribution is -0.139. The lowest BCUT2D eigenvalue weighted by atomic mass is 9.96. The highest BCUT2D eigenvalue weighted by atomic mass is 32.1. The molecule has 1 aliphatic heterocycles. The topological polar surface area (TPSA) is 60.7 Å². The minimum atomic E-state index is -0.555. The van der Waals surface area contributed by atoms with Crippen molar-refractivity contribution in [3.05, 3.63) is 89.2 Å². The molecule has 0 aliphatic carbocycles. The van der Waals surface area contributed by atoms with E-state index in [9.17, 15) is 9.59 Å². The first-order chi connectivity index (χ1) is 13.6. The molecule has 0 bridgehead atoms. The van der Waals surface area contributed by atoms with Gasteiger partial charge in [-0.3, -0.25) is 9.36 Å². The Labute approximate surface area is 169 Å². The number of rotatable bonds is 4. The number of carbonyl (C=O) groups excluding carboxylic acids is 1. The summed E-state index contributed by atoms with van der Waals surface area (Å²) in [7, 11) is 0. The van der Waals surface area contributed by atoms with Crippen LogP contribution in [0.1, 0.15) is 31.0 Å². The van der Waals surface area contributed by atoms with E-state index in [1.807, 2.05) is 53.2 Å². The van der Waals surface area contributed by atoms with Gasteiger partial charge in [-0.2, -0.15) is 11.3 Å². The molecule has 2 aromatic heterocycles. The molecule has 0 saturated heterocycles. The van der Waals surface area contributed by atoms with Gasteiger partial charge in [0.25, 0.3) is 5.56 Å². The third kappa shape index (κ3) is 3.27. The molecule has 1 aliphatic rings. The predicted octanol–water partition coefficient (Wildman–Crippen LogP) is 2.86. The summed E-state index contributed by atoms with van der Waals surface area (Å²) in [5, 5.41) is 3.96. The van der Waals surface area contributed by atoms with Crippen LogP contribution in [0.2, 0.25) is 0 Å². The fourth-order valence-corrected chi connectivity index (χ4v) is 4.92. The molecule has 0 saturated carbocycles. The van der Waals surface area contributed by atoms with Crippen LogP contribution in [0.3, 0.4) is 0 Å². The number of esters is 1. The third-order valence-electron chi connectivity index (χ3n) is 4.47. The fourth-order valence-electron chi connectivity index (χ4n) is 3.25. The number of fused-ring (bicyclic) bond motifs is 1. The van der Waals surface area contributed by atoms with Gasteiger partial charge in [-0.25, -0.2) is 9.79 Å². The van der Waals surface area contributed by atoms with Gasteiger partial charge in [0.2, 0.25) is 0 Å². The van der Waals surface area contributed by atoms with E-state index in [2.05, 4.69) is 4.99 Å². The first kappa shape index (κ1) is 18.6. The van der Waals surface area contributed by atoms with Crippen LogP contribution in [-0.4, -0.2) is 17.1 Å². The Balaban J connectivity index is 1.97. The van der Waals surface area contributed by atoms with Crippen LogP contribution in [0, 0.1) is 0 Å². The smallest absolute Gasteiger partial charge is 0.338 e. The SMILES string of the molecule is CCOC(=O)C1=C(C)N=c2sc(=Cc3ccsc3)c(=O)n2C1c1ccccc1. The summed E-state index contributed by atoms with van der Waals surface area (Å²) in [5.74, 6) is -0.440. The van der Waals surface area contributed by atoms with E-state index < -0.39 is 12.0 Å². The molecule has 0 fully saturated rings. The minimum absolute atomic E-state index is 0.155. The van der Waals surface area contributed by atoms with Gasteiger partial charge in [0, 0.05) is 0 Å². The standard InChI is InChI=1S/C21H18N2O3S2/c1-3-26-20(25)17-13(2)22-21-23(18(17)15-7-5-4-6-8-15)19(24)16(28-21)11-14-9-10-27-12-14/h4-12,18H,3H2,1-2H3. The average molecular weight is 411 g/mol. The first-order valence-electron chi connectivity index (χ1n) is 8.87. The molecule has 1 aromatic carbocycles. The van der Waals surface area contributed by atoms with Gasteiger partial charge >= 0.3 is 5.97 Å². The quantitative estimate of drug-likeness (QED) is 0.622. The number of hydrogen-bond donors (Lipinski definition) is 0. The first-order valence-corrected chi connectivity index (χ1v) is 10.6. The summed E-state index contributed by atoms with van der Waals surface area (Å²) in [6, 6.07) is 10.9. The van der Waals surface area contributed by atoms with Gasteiger partial charge in [-0.15, -0.1) is 0 Å². The lowest BCUT2D eigenvalue weighted by Gasteiger charge is -2.24. The molecule has 7 heteroatoms. The molecule has 3 heterocycles. The number of aromatic nitrogens is 1. The number of nitrogens with zero attached hydrogens (tertiary/aromatic N) is 2. The maximum Gasteiger partial charge on any atom is 0.338 e. The van der Waals surface area contributed by atoms with Gasteiger partial charge in [-0.05, 0) is 47.9 Å². The number of benzene rings is 1. The number of thiophene rings is 1. The Morgan fingerprint density at radius 3 is 2.75 bits per heavy atom. The van der Waals surface area contributed by atoms with Crippen LogP contribution < -0.4 is 14.9 Å². The molecule has 3 aromatic rings. The predicted molar refractivity (Wildman–Crippen MR) is 111 cm³/mol. The van der Waals surface area contributed by atoms with E-state index in [1.54, 1.807) is 29.8 Å². The van der Waals surface area contributed by atoms with Crippen LogP contribution in [0.25, 0.3) is 6.08 Å². The van der Waals surface area contributed by atoms with Crippen molar-refractivity contribution < 1.29 is 9.53 Å².